The van der Waals surface area contributed by atoms with Gasteiger partial charge in [-0.25, -0.2) is 4.99 Å². The van der Waals surface area contributed by atoms with Crippen molar-refractivity contribution in [2.24, 2.45) is 16.6 Å². The predicted octanol–water partition coefficient (Wildman–Crippen LogP) is 5.45. The van der Waals surface area contributed by atoms with Crippen LogP contribution in [0.5, 0.6) is 0 Å². The van der Waals surface area contributed by atoms with Crippen LogP contribution in [-0.2, 0) is 11.3 Å². The summed E-state index contributed by atoms with van der Waals surface area (Å²) in [5.41, 5.74) is 10.5. The van der Waals surface area contributed by atoms with Crippen molar-refractivity contribution in [1.82, 2.24) is 10.3 Å². The second-order valence-corrected chi connectivity index (χ2v) is 8.52. The second kappa shape index (κ2) is 9.50. The summed E-state index contributed by atoms with van der Waals surface area (Å²) in [5, 5.41) is 3.99. The fourth-order valence-corrected chi connectivity index (χ4v) is 3.53. The zero-order chi connectivity index (χ0) is 21.8. The number of nitrogens with two attached hydrogens (primary N) is 1. The number of aromatic nitrogens is 1. The van der Waals surface area contributed by atoms with E-state index in [2.05, 4.69) is 10.3 Å². The Morgan fingerprint density at radius 1 is 1.03 bits per heavy atom. The van der Waals surface area contributed by atoms with Gasteiger partial charge in [-0.3, -0.25) is 15.1 Å². The number of carbonyl (C=O) groups is 1. The fourth-order valence-electron chi connectivity index (χ4n) is 3.28. The number of rotatable bonds is 6. The van der Waals surface area contributed by atoms with Crippen molar-refractivity contribution in [2.45, 2.75) is 25.8 Å². The summed E-state index contributed by atoms with van der Waals surface area (Å²) in [7, 11) is 0. The summed E-state index contributed by atoms with van der Waals surface area (Å²) in [6, 6.07) is 17.2. The van der Waals surface area contributed by atoms with Crippen LogP contribution in [-0.4, -0.2) is 16.9 Å². The molecular formula is C24H22Cl2N4O. The standard InChI is InChI=1S/C24H22Cl2N4O/c25-19-7-3-17(4-8-19)21-11-16(13-28-23(21)18-5-9-20(26)10-6-18)14-29-24(27)30-22(31)12-15-1-2-15/h3-11,13,15H,1-2,12,14H2,(H3,27,29,30,31). The van der Waals surface area contributed by atoms with Crippen LogP contribution in [0.25, 0.3) is 22.4 Å². The van der Waals surface area contributed by atoms with E-state index in [4.69, 9.17) is 33.9 Å². The number of nitrogens with one attached hydrogen (secondary N) is 1. The van der Waals surface area contributed by atoms with Gasteiger partial charge in [-0.15, -0.1) is 0 Å². The number of carbonyl (C=O) groups excluding carboxylic acids is 1. The maximum Gasteiger partial charge on any atom is 0.226 e. The van der Waals surface area contributed by atoms with Crippen molar-refractivity contribution in [3.63, 3.8) is 0 Å². The molecule has 3 aromatic rings. The molecule has 1 saturated carbocycles. The van der Waals surface area contributed by atoms with Crippen molar-refractivity contribution in [1.29, 1.82) is 0 Å². The van der Waals surface area contributed by atoms with E-state index in [1.807, 2.05) is 54.6 Å². The molecule has 0 unspecified atom stereocenters. The van der Waals surface area contributed by atoms with Crippen LogP contribution in [0, 0.1) is 5.92 Å². The molecular weight excluding hydrogens is 431 g/mol. The molecule has 4 rings (SSSR count). The van der Waals surface area contributed by atoms with Crippen molar-refractivity contribution < 1.29 is 4.79 Å². The highest BCUT2D eigenvalue weighted by atomic mass is 35.5. The van der Waals surface area contributed by atoms with Crippen molar-refractivity contribution in [3.8, 4) is 22.4 Å². The lowest BCUT2D eigenvalue weighted by Crippen LogP contribution is -2.36. The largest absolute Gasteiger partial charge is 0.370 e. The summed E-state index contributed by atoms with van der Waals surface area (Å²) in [4.78, 5) is 20.9. The zero-order valence-corrected chi connectivity index (χ0v) is 18.3. The van der Waals surface area contributed by atoms with E-state index in [0.29, 0.717) is 28.9 Å². The number of benzene rings is 2. The van der Waals surface area contributed by atoms with E-state index in [1.165, 1.54) is 0 Å². The first-order chi connectivity index (χ1) is 15.0. The van der Waals surface area contributed by atoms with Gasteiger partial charge in [0.1, 0.15) is 0 Å². The Labute approximate surface area is 191 Å². The first kappa shape index (κ1) is 21.3. The zero-order valence-electron chi connectivity index (χ0n) is 16.8. The highest BCUT2D eigenvalue weighted by molar-refractivity contribution is 6.31. The molecule has 7 heteroatoms. The van der Waals surface area contributed by atoms with E-state index in [-0.39, 0.29) is 11.9 Å². The normalized spacial score (nSPS) is 13.8. The second-order valence-electron chi connectivity index (χ2n) is 7.65. The van der Waals surface area contributed by atoms with Crippen molar-refractivity contribution in [2.75, 3.05) is 0 Å². The Balaban J connectivity index is 1.59. The van der Waals surface area contributed by atoms with Gasteiger partial charge in [-0.05, 0) is 60.2 Å². The van der Waals surface area contributed by atoms with Crippen LogP contribution >= 0.6 is 23.2 Å². The highest BCUT2D eigenvalue weighted by Gasteiger charge is 2.24. The van der Waals surface area contributed by atoms with Gasteiger partial charge in [0, 0.05) is 33.8 Å². The molecule has 1 fully saturated rings. The third-order valence-electron chi connectivity index (χ3n) is 5.09. The summed E-state index contributed by atoms with van der Waals surface area (Å²) in [5.74, 6) is 0.543. The van der Waals surface area contributed by atoms with Crippen molar-refractivity contribution in [3.05, 3.63) is 76.4 Å². The van der Waals surface area contributed by atoms with Gasteiger partial charge < -0.3 is 5.73 Å². The molecule has 0 radical (unpaired) electrons. The Morgan fingerprint density at radius 2 is 1.65 bits per heavy atom. The summed E-state index contributed by atoms with van der Waals surface area (Å²) in [6.07, 6.45) is 4.51. The van der Waals surface area contributed by atoms with E-state index in [1.54, 1.807) is 6.20 Å². The molecule has 0 bridgehead atoms. The molecule has 3 N–H and O–H groups in total. The van der Waals surface area contributed by atoms with Gasteiger partial charge in [-0.2, -0.15) is 0 Å². The van der Waals surface area contributed by atoms with Gasteiger partial charge in [0.2, 0.25) is 5.91 Å². The SMILES string of the molecule is NC(=NCc1cnc(-c2ccc(Cl)cc2)c(-c2ccc(Cl)cc2)c1)NC(=O)CC1CC1. The monoisotopic (exact) mass is 452 g/mol. The van der Waals surface area contributed by atoms with Gasteiger partial charge >= 0.3 is 0 Å². The third-order valence-corrected chi connectivity index (χ3v) is 5.59. The van der Waals surface area contributed by atoms with Crippen LogP contribution in [0.2, 0.25) is 10.0 Å². The Bertz CT molecular complexity index is 1110. The van der Waals surface area contributed by atoms with E-state index in [0.717, 1.165) is 40.8 Å². The van der Waals surface area contributed by atoms with Crippen LogP contribution in [0.4, 0.5) is 0 Å². The van der Waals surface area contributed by atoms with Gasteiger partial charge in [-0.1, -0.05) is 47.5 Å². The molecule has 1 aliphatic carbocycles. The summed E-state index contributed by atoms with van der Waals surface area (Å²) >= 11 is 12.1. The minimum atomic E-state index is -0.0817. The maximum absolute atomic E-state index is 11.9. The lowest BCUT2D eigenvalue weighted by atomic mass is 9.98. The lowest BCUT2D eigenvalue weighted by molar-refractivity contribution is -0.120. The van der Waals surface area contributed by atoms with E-state index >= 15 is 0 Å². The average molecular weight is 453 g/mol. The first-order valence-electron chi connectivity index (χ1n) is 10.1. The highest BCUT2D eigenvalue weighted by Crippen LogP contribution is 2.33. The third kappa shape index (κ3) is 5.84. The molecule has 2 aromatic carbocycles. The van der Waals surface area contributed by atoms with Gasteiger partial charge in [0.15, 0.2) is 5.96 Å². The van der Waals surface area contributed by atoms with E-state index in [9.17, 15) is 4.79 Å². The minimum absolute atomic E-state index is 0.0817. The number of guanidine groups is 1. The Hall–Kier alpha value is -2.89. The number of hydrogen-bond acceptors (Lipinski definition) is 3. The lowest BCUT2D eigenvalue weighted by Gasteiger charge is -2.12. The Kier molecular flexibility index (Phi) is 6.54. The number of halogens is 2. The molecule has 0 aliphatic heterocycles. The van der Waals surface area contributed by atoms with Gasteiger partial charge in [0.05, 0.1) is 12.2 Å². The number of hydrogen-bond donors (Lipinski definition) is 2. The van der Waals surface area contributed by atoms with Crippen LogP contribution in [0.3, 0.4) is 0 Å². The molecule has 1 heterocycles. The number of aliphatic imine (C=N–C) groups is 1. The topological polar surface area (TPSA) is 80.4 Å². The molecule has 0 atom stereocenters. The molecule has 0 spiro atoms. The van der Waals surface area contributed by atoms with E-state index < -0.39 is 0 Å². The quantitative estimate of drug-likeness (QED) is 0.385. The van der Waals surface area contributed by atoms with Crippen LogP contribution in [0.1, 0.15) is 24.8 Å². The molecule has 5 nitrogen and oxygen atoms in total. The number of amides is 1. The summed E-state index contributed by atoms with van der Waals surface area (Å²) < 4.78 is 0. The molecule has 1 amide bonds. The molecule has 31 heavy (non-hydrogen) atoms. The minimum Gasteiger partial charge on any atom is -0.370 e. The average Bonchev–Trinajstić information content (AvgIpc) is 3.57. The number of pyridine rings is 1. The molecule has 0 saturated heterocycles. The Morgan fingerprint density at radius 3 is 2.26 bits per heavy atom. The smallest absolute Gasteiger partial charge is 0.226 e. The van der Waals surface area contributed by atoms with Gasteiger partial charge in [0.25, 0.3) is 0 Å². The molecule has 1 aliphatic rings. The summed E-state index contributed by atoms with van der Waals surface area (Å²) in [6.45, 7) is 0.310. The van der Waals surface area contributed by atoms with Crippen molar-refractivity contribution >= 4 is 35.1 Å². The van der Waals surface area contributed by atoms with Crippen LogP contribution in [0.15, 0.2) is 65.8 Å². The van der Waals surface area contributed by atoms with Crippen LogP contribution < -0.4 is 11.1 Å². The molecule has 1 aromatic heterocycles. The first-order valence-corrected chi connectivity index (χ1v) is 10.8. The maximum atomic E-state index is 11.9. The predicted molar refractivity (Wildman–Crippen MR) is 126 cm³/mol. The fraction of sp³-hybridized carbons (Fsp3) is 0.208. The number of nitrogens with zero attached hydrogens (tertiary/aromatic N) is 2. The molecule has 158 valence electrons.